The van der Waals surface area contributed by atoms with E-state index in [4.69, 9.17) is 0 Å². The van der Waals surface area contributed by atoms with Gasteiger partial charge in [-0.3, -0.25) is 0 Å². The summed E-state index contributed by atoms with van der Waals surface area (Å²) in [5, 5.41) is 2.63. The monoisotopic (exact) mass is 731 g/mol. The highest BCUT2D eigenvalue weighted by atomic mass is 32.1. The van der Waals surface area contributed by atoms with Gasteiger partial charge in [-0.05, 0) is 116 Å². The van der Waals surface area contributed by atoms with E-state index in [1.165, 1.54) is 75.8 Å². The second-order valence-electron chi connectivity index (χ2n) is 14.2. The minimum absolute atomic E-state index is 1.10. The van der Waals surface area contributed by atoms with Gasteiger partial charge in [0.1, 0.15) is 0 Å². The van der Waals surface area contributed by atoms with Gasteiger partial charge in [0.2, 0.25) is 0 Å². The summed E-state index contributed by atoms with van der Waals surface area (Å²) in [4.78, 5) is 2.35. The molecule has 2 heteroatoms. The van der Waals surface area contributed by atoms with Gasteiger partial charge in [-0.2, -0.15) is 0 Å². The van der Waals surface area contributed by atoms with Gasteiger partial charge in [0.15, 0.2) is 0 Å². The molecule has 264 valence electrons. The maximum absolute atomic E-state index is 2.36. The lowest BCUT2D eigenvalue weighted by molar-refractivity contribution is 1.28. The summed E-state index contributed by atoms with van der Waals surface area (Å²) in [7, 11) is 0. The Morgan fingerprint density at radius 2 is 0.643 bits per heavy atom. The third-order valence-electron chi connectivity index (χ3n) is 10.7. The van der Waals surface area contributed by atoms with Crippen LogP contribution in [0.3, 0.4) is 0 Å². The Kier molecular flexibility index (Phi) is 8.79. The van der Waals surface area contributed by atoms with E-state index in [0.29, 0.717) is 0 Å². The second kappa shape index (κ2) is 14.7. The molecule has 0 aliphatic carbocycles. The van der Waals surface area contributed by atoms with Gasteiger partial charge in [0.25, 0.3) is 0 Å². The summed E-state index contributed by atoms with van der Waals surface area (Å²) < 4.78 is 2.64. The lowest BCUT2D eigenvalue weighted by atomic mass is 9.92. The number of rotatable bonds is 8. The first-order chi connectivity index (χ1) is 27.7. The van der Waals surface area contributed by atoms with Crippen LogP contribution in [-0.2, 0) is 0 Å². The predicted octanol–water partition coefficient (Wildman–Crippen LogP) is 15.9. The highest BCUT2D eigenvalue weighted by molar-refractivity contribution is 7.26. The van der Waals surface area contributed by atoms with Gasteiger partial charge in [-0.1, -0.05) is 164 Å². The van der Waals surface area contributed by atoms with E-state index >= 15 is 0 Å². The van der Waals surface area contributed by atoms with Crippen LogP contribution in [0.4, 0.5) is 17.1 Å². The Hall–Kier alpha value is -7.00. The zero-order chi connectivity index (χ0) is 37.3. The van der Waals surface area contributed by atoms with Crippen molar-refractivity contribution < 1.29 is 0 Å². The maximum atomic E-state index is 2.36. The molecule has 56 heavy (non-hydrogen) atoms. The summed E-state index contributed by atoms with van der Waals surface area (Å²) >= 11 is 1.88. The lowest BCUT2D eigenvalue weighted by Crippen LogP contribution is -2.09. The van der Waals surface area contributed by atoms with E-state index in [1.807, 2.05) is 11.3 Å². The van der Waals surface area contributed by atoms with Crippen molar-refractivity contribution in [3.8, 4) is 55.6 Å². The second-order valence-corrected chi connectivity index (χ2v) is 15.2. The average Bonchev–Trinajstić information content (AvgIpc) is 3.67. The summed E-state index contributed by atoms with van der Waals surface area (Å²) in [6, 6.07) is 81.3. The summed E-state index contributed by atoms with van der Waals surface area (Å²) in [6.45, 7) is 0. The number of thiophene rings is 1. The Balaban J connectivity index is 1.06. The molecule has 1 nitrogen and oxygen atoms in total. The molecule has 1 heterocycles. The normalized spacial score (nSPS) is 11.2. The van der Waals surface area contributed by atoms with Crippen molar-refractivity contribution in [3.05, 3.63) is 224 Å². The van der Waals surface area contributed by atoms with Crippen LogP contribution in [0.5, 0.6) is 0 Å². The summed E-state index contributed by atoms with van der Waals surface area (Å²) in [5.41, 5.74) is 15.4. The molecule has 0 saturated heterocycles. The fraction of sp³-hybridized carbons (Fsp3) is 0. The van der Waals surface area contributed by atoms with Crippen LogP contribution >= 0.6 is 11.3 Å². The summed E-state index contributed by atoms with van der Waals surface area (Å²) in [6.07, 6.45) is 0. The highest BCUT2D eigenvalue weighted by Crippen LogP contribution is 2.43. The molecule has 0 spiro atoms. The Bertz CT molecular complexity index is 2830. The van der Waals surface area contributed by atoms with Gasteiger partial charge in [-0.25, -0.2) is 0 Å². The van der Waals surface area contributed by atoms with Crippen LogP contribution in [0.25, 0.3) is 75.8 Å². The summed E-state index contributed by atoms with van der Waals surface area (Å²) in [5.74, 6) is 0. The van der Waals surface area contributed by atoms with Crippen molar-refractivity contribution in [1.82, 2.24) is 0 Å². The molecule has 0 radical (unpaired) electrons. The van der Waals surface area contributed by atoms with Crippen molar-refractivity contribution >= 4 is 48.6 Å². The zero-order valence-corrected chi connectivity index (χ0v) is 31.5. The SMILES string of the molecule is c1ccc(-c2ccc(N(c3ccc(-c4ccccc4)cc3)c3ccc(-c4cc(-c5ccccc5)cc(-c5cccc6c5sc5ccccc56)c4)cc3)cc2)cc1. The third kappa shape index (κ3) is 6.47. The van der Waals surface area contributed by atoms with Crippen LogP contribution in [0.1, 0.15) is 0 Å². The Labute approximate surface area is 332 Å². The molecule has 0 bridgehead atoms. The molecule has 1 aromatic heterocycles. The number of hydrogen-bond acceptors (Lipinski definition) is 2. The number of nitrogens with zero attached hydrogens (tertiary/aromatic N) is 1. The molecule has 0 amide bonds. The van der Waals surface area contributed by atoms with E-state index in [-0.39, 0.29) is 0 Å². The van der Waals surface area contributed by atoms with Crippen molar-refractivity contribution in [2.45, 2.75) is 0 Å². The fourth-order valence-electron chi connectivity index (χ4n) is 7.84. The zero-order valence-electron chi connectivity index (χ0n) is 30.7. The van der Waals surface area contributed by atoms with Gasteiger partial charge < -0.3 is 4.90 Å². The molecule has 0 fully saturated rings. The molecule has 0 aliphatic rings. The first kappa shape index (κ1) is 33.6. The maximum Gasteiger partial charge on any atom is 0.0462 e. The largest absolute Gasteiger partial charge is 0.311 e. The Morgan fingerprint density at radius 1 is 0.268 bits per heavy atom. The molecule has 0 N–H and O–H groups in total. The van der Waals surface area contributed by atoms with Crippen LogP contribution in [0, 0.1) is 0 Å². The quantitative estimate of drug-likeness (QED) is 0.150. The first-order valence-corrected chi connectivity index (χ1v) is 19.9. The molecular formula is C54H37NS. The lowest BCUT2D eigenvalue weighted by Gasteiger charge is -2.26. The van der Waals surface area contributed by atoms with Crippen LogP contribution in [-0.4, -0.2) is 0 Å². The average molecular weight is 732 g/mol. The molecule has 0 saturated carbocycles. The van der Waals surface area contributed by atoms with Crippen molar-refractivity contribution in [2.24, 2.45) is 0 Å². The van der Waals surface area contributed by atoms with Gasteiger partial charge in [0, 0.05) is 37.2 Å². The van der Waals surface area contributed by atoms with Crippen molar-refractivity contribution in [3.63, 3.8) is 0 Å². The van der Waals surface area contributed by atoms with Crippen molar-refractivity contribution in [2.75, 3.05) is 4.90 Å². The fourth-order valence-corrected chi connectivity index (χ4v) is 9.08. The van der Waals surface area contributed by atoms with E-state index in [9.17, 15) is 0 Å². The minimum Gasteiger partial charge on any atom is -0.311 e. The first-order valence-electron chi connectivity index (χ1n) is 19.1. The number of fused-ring (bicyclic) bond motifs is 3. The van der Waals surface area contributed by atoms with Gasteiger partial charge in [-0.15, -0.1) is 11.3 Å². The molecule has 10 aromatic rings. The topological polar surface area (TPSA) is 3.24 Å². The van der Waals surface area contributed by atoms with Crippen LogP contribution < -0.4 is 4.90 Å². The molecular weight excluding hydrogens is 695 g/mol. The Morgan fingerprint density at radius 3 is 1.14 bits per heavy atom. The molecule has 0 atom stereocenters. The molecule has 0 unspecified atom stereocenters. The minimum atomic E-state index is 1.10. The van der Waals surface area contributed by atoms with E-state index in [1.54, 1.807) is 0 Å². The van der Waals surface area contributed by atoms with Gasteiger partial charge >= 0.3 is 0 Å². The third-order valence-corrected chi connectivity index (χ3v) is 11.9. The number of benzene rings is 9. The number of anilines is 3. The molecule has 0 aliphatic heterocycles. The van der Waals surface area contributed by atoms with Gasteiger partial charge in [0.05, 0.1) is 0 Å². The highest BCUT2D eigenvalue weighted by Gasteiger charge is 2.16. The van der Waals surface area contributed by atoms with Crippen LogP contribution in [0.15, 0.2) is 224 Å². The van der Waals surface area contributed by atoms with Crippen LogP contribution in [0.2, 0.25) is 0 Å². The van der Waals surface area contributed by atoms with E-state index in [2.05, 4.69) is 229 Å². The smallest absolute Gasteiger partial charge is 0.0462 e. The standard InChI is InChI=1S/C54H37NS/c1-4-13-38(14-5-1)41-23-29-47(30-24-41)55(48-31-25-42(26-32-48)39-15-6-2-7-16-39)49-33-27-43(28-34-49)45-35-44(40-17-8-3-9-18-40)36-46(37-45)50-20-12-21-52-51-19-10-11-22-53(51)56-54(50)52/h1-37H. The van der Waals surface area contributed by atoms with E-state index in [0.717, 1.165) is 17.1 Å². The van der Waals surface area contributed by atoms with E-state index < -0.39 is 0 Å². The predicted molar refractivity (Wildman–Crippen MR) is 241 cm³/mol. The molecule has 9 aromatic carbocycles. The van der Waals surface area contributed by atoms with Crippen molar-refractivity contribution in [1.29, 1.82) is 0 Å². The number of hydrogen-bond donors (Lipinski definition) is 0. The molecule has 10 rings (SSSR count).